The fourth-order valence-corrected chi connectivity index (χ4v) is 3.45. The fourth-order valence-electron chi connectivity index (χ4n) is 3.02. The Morgan fingerprint density at radius 2 is 2.04 bits per heavy atom. The van der Waals surface area contributed by atoms with Crippen LogP contribution in [-0.2, 0) is 11.4 Å². The standard InChI is InChI=1S/C18H15BrO6/c19-14-4-1-10(17-18(14)25-9-24-17)7-22-12-2-3-13-11(5-16(20)21)8-23-15(13)6-12/h1-4,6,11H,5,7-9H2,(H,20,21). The van der Waals surface area contributed by atoms with Crippen molar-refractivity contribution in [3.8, 4) is 23.0 Å². The Hall–Kier alpha value is -2.41. The average Bonchev–Trinajstić information content (AvgIpc) is 3.22. The van der Waals surface area contributed by atoms with Crippen molar-refractivity contribution >= 4 is 21.9 Å². The first-order valence-corrected chi connectivity index (χ1v) is 8.59. The van der Waals surface area contributed by atoms with Crippen LogP contribution in [0.1, 0.15) is 23.5 Å². The van der Waals surface area contributed by atoms with Crippen LogP contribution in [0.15, 0.2) is 34.8 Å². The summed E-state index contributed by atoms with van der Waals surface area (Å²) < 4.78 is 23.2. The molecule has 0 spiro atoms. The van der Waals surface area contributed by atoms with E-state index in [-0.39, 0.29) is 19.1 Å². The van der Waals surface area contributed by atoms with Gasteiger partial charge in [0.25, 0.3) is 0 Å². The number of fused-ring (bicyclic) bond motifs is 2. The van der Waals surface area contributed by atoms with Crippen LogP contribution in [0.25, 0.3) is 0 Å². The molecule has 7 heteroatoms. The molecule has 0 fully saturated rings. The predicted molar refractivity (Wildman–Crippen MR) is 91.5 cm³/mol. The van der Waals surface area contributed by atoms with Crippen molar-refractivity contribution in [1.29, 1.82) is 0 Å². The van der Waals surface area contributed by atoms with Crippen molar-refractivity contribution in [2.45, 2.75) is 18.9 Å². The van der Waals surface area contributed by atoms with E-state index in [1.807, 2.05) is 24.3 Å². The molecule has 25 heavy (non-hydrogen) atoms. The Labute approximate surface area is 152 Å². The number of hydrogen-bond acceptors (Lipinski definition) is 5. The number of ether oxygens (including phenoxy) is 4. The van der Waals surface area contributed by atoms with Gasteiger partial charge in [-0.05, 0) is 28.1 Å². The van der Waals surface area contributed by atoms with Gasteiger partial charge in [-0.25, -0.2) is 0 Å². The molecule has 2 aromatic carbocycles. The average molecular weight is 407 g/mol. The van der Waals surface area contributed by atoms with Crippen molar-refractivity contribution in [2.24, 2.45) is 0 Å². The lowest BCUT2D eigenvalue weighted by molar-refractivity contribution is -0.137. The van der Waals surface area contributed by atoms with Crippen LogP contribution >= 0.6 is 15.9 Å². The molecule has 130 valence electrons. The Morgan fingerprint density at radius 3 is 2.88 bits per heavy atom. The second-order valence-electron chi connectivity index (χ2n) is 5.87. The SMILES string of the molecule is O=C(O)CC1COc2cc(OCc3ccc(Br)c4c3OCO4)ccc21. The minimum Gasteiger partial charge on any atom is -0.492 e. The number of benzene rings is 2. The van der Waals surface area contributed by atoms with E-state index in [1.54, 1.807) is 6.07 Å². The Balaban J connectivity index is 1.48. The molecule has 0 saturated carbocycles. The van der Waals surface area contributed by atoms with E-state index >= 15 is 0 Å². The summed E-state index contributed by atoms with van der Waals surface area (Å²) in [6.07, 6.45) is 0.0651. The first-order valence-electron chi connectivity index (χ1n) is 7.80. The van der Waals surface area contributed by atoms with Crippen molar-refractivity contribution in [1.82, 2.24) is 0 Å². The minimum atomic E-state index is -0.826. The van der Waals surface area contributed by atoms with E-state index in [0.717, 1.165) is 15.6 Å². The summed E-state index contributed by atoms with van der Waals surface area (Å²) in [4.78, 5) is 10.9. The first kappa shape index (κ1) is 16.1. The lowest BCUT2D eigenvalue weighted by Crippen LogP contribution is -2.07. The lowest BCUT2D eigenvalue weighted by Gasteiger charge is -2.11. The molecule has 2 heterocycles. The van der Waals surface area contributed by atoms with Gasteiger partial charge >= 0.3 is 5.97 Å². The third kappa shape index (κ3) is 3.11. The quantitative estimate of drug-likeness (QED) is 0.815. The summed E-state index contributed by atoms with van der Waals surface area (Å²) >= 11 is 3.43. The molecular formula is C18H15BrO6. The fraction of sp³-hybridized carbons (Fsp3) is 0.278. The number of hydrogen-bond donors (Lipinski definition) is 1. The molecular weight excluding hydrogens is 392 g/mol. The van der Waals surface area contributed by atoms with Crippen LogP contribution in [0, 0.1) is 0 Å². The highest BCUT2D eigenvalue weighted by molar-refractivity contribution is 9.10. The van der Waals surface area contributed by atoms with Crippen molar-refractivity contribution in [3.63, 3.8) is 0 Å². The monoisotopic (exact) mass is 406 g/mol. The molecule has 0 aliphatic carbocycles. The highest BCUT2D eigenvalue weighted by Crippen LogP contribution is 2.42. The summed E-state index contributed by atoms with van der Waals surface area (Å²) in [7, 11) is 0. The van der Waals surface area contributed by atoms with Gasteiger partial charge in [0.05, 0.1) is 17.5 Å². The van der Waals surface area contributed by atoms with Gasteiger partial charge in [-0.15, -0.1) is 0 Å². The third-order valence-electron chi connectivity index (χ3n) is 4.23. The smallest absolute Gasteiger partial charge is 0.304 e. The number of carbonyl (C=O) groups is 1. The van der Waals surface area contributed by atoms with Crippen LogP contribution in [0.5, 0.6) is 23.0 Å². The van der Waals surface area contributed by atoms with E-state index in [0.29, 0.717) is 36.2 Å². The highest BCUT2D eigenvalue weighted by atomic mass is 79.9. The summed E-state index contributed by atoms with van der Waals surface area (Å²) in [5.74, 6) is 1.79. The minimum absolute atomic E-state index is 0.0651. The predicted octanol–water partition coefficient (Wildman–Crippen LogP) is 3.71. The summed E-state index contributed by atoms with van der Waals surface area (Å²) in [6, 6.07) is 9.32. The molecule has 1 unspecified atom stereocenters. The van der Waals surface area contributed by atoms with Gasteiger partial charge in [-0.2, -0.15) is 0 Å². The number of aliphatic carboxylic acids is 1. The summed E-state index contributed by atoms with van der Waals surface area (Å²) in [5.41, 5.74) is 1.80. The summed E-state index contributed by atoms with van der Waals surface area (Å²) in [6.45, 7) is 0.912. The van der Waals surface area contributed by atoms with Crippen molar-refractivity contribution in [3.05, 3.63) is 45.9 Å². The van der Waals surface area contributed by atoms with Gasteiger partial charge in [0.15, 0.2) is 11.5 Å². The summed E-state index contributed by atoms with van der Waals surface area (Å²) in [5, 5.41) is 8.96. The van der Waals surface area contributed by atoms with Crippen LogP contribution in [0.4, 0.5) is 0 Å². The largest absolute Gasteiger partial charge is 0.492 e. The molecule has 2 aromatic rings. The molecule has 1 N–H and O–H groups in total. The van der Waals surface area contributed by atoms with Gasteiger partial charge in [-0.3, -0.25) is 4.79 Å². The molecule has 0 radical (unpaired) electrons. The normalized spacial score (nSPS) is 17.1. The molecule has 2 aliphatic heterocycles. The Bertz CT molecular complexity index is 835. The number of halogens is 1. The molecule has 0 amide bonds. The van der Waals surface area contributed by atoms with Crippen molar-refractivity contribution in [2.75, 3.05) is 13.4 Å². The second kappa shape index (κ2) is 6.48. The van der Waals surface area contributed by atoms with E-state index in [9.17, 15) is 4.79 Å². The van der Waals surface area contributed by atoms with Crippen LogP contribution in [0.3, 0.4) is 0 Å². The molecule has 1 atom stereocenters. The molecule has 2 aliphatic rings. The van der Waals surface area contributed by atoms with Gasteiger partial charge in [0.1, 0.15) is 18.1 Å². The van der Waals surface area contributed by atoms with Gasteiger partial charge in [0, 0.05) is 23.1 Å². The maximum Gasteiger partial charge on any atom is 0.304 e. The van der Waals surface area contributed by atoms with E-state index in [4.69, 9.17) is 24.1 Å². The van der Waals surface area contributed by atoms with E-state index in [1.165, 1.54) is 0 Å². The van der Waals surface area contributed by atoms with E-state index in [2.05, 4.69) is 15.9 Å². The number of rotatable bonds is 5. The number of carboxylic acid groups (broad SMARTS) is 1. The number of carboxylic acids is 1. The maximum absolute atomic E-state index is 10.9. The van der Waals surface area contributed by atoms with Gasteiger partial charge < -0.3 is 24.1 Å². The van der Waals surface area contributed by atoms with Crippen LogP contribution in [-0.4, -0.2) is 24.5 Å². The molecule has 0 bridgehead atoms. The second-order valence-corrected chi connectivity index (χ2v) is 6.72. The maximum atomic E-state index is 10.9. The van der Waals surface area contributed by atoms with Crippen LogP contribution in [0.2, 0.25) is 0 Å². The van der Waals surface area contributed by atoms with Gasteiger partial charge in [0.2, 0.25) is 6.79 Å². The zero-order chi connectivity index (χ0) is 17.4. The lowest BCUT2D eigenvalue weighted by atomic mass is 9.98. The molecule has 0 saturated heterocycles. The van der Waals surface area contributed by atoms with Gasteiger partial charge in [-0.1, -0.05) is 12.1 Å². The van der Waals surface area contributed by atoms with Crippen molar-refractivity contribution < 1.29 is 28.8 Å². The molecule has 6 nitrogen and oxygen atoms in total. The first-order chi connectivity index (χ1) is 12.1. The zero-order valence-electron chi connectivity index (χ0n) is 13.2. The molecule has 4 rings (SSSR count). The molecule has 0 aromatic heterocycles. The highest BCUT2D eigenvalue weighted by Gasteiger charge is 2.27. The van der Waals surface area contributed by atoms with Crippen LogP contribution < -0.4 is 18.9 Å². The Morgan fingerprint density at radius 1 is 1.20 bits per heavy atom. The topological polar surface area (TPSA) is 74.2 Å². The Kier molecular flexibility index (Phi) is 4.17. The zero-order valence-corrected chi connectivity index (χ0v) is 14.7. The van der Waals surface area contributed by atoms with E-state index < -0.39 is 5.97 Å². The third-order valence-corrected chi connectivity index (χ3v) is 4.86.